The molecule has 0 unspecified atom stereocenters. The molecular weight excluding hydrogens is 216 g/mol. The predicted molar refractivity (Wildman–Crippen MR) is 68.6 cm³/mol. The molecule has 0 aromatic carbocycles. The lowest BCUT2D eigenvalue weighted by molar-refractivity contribution is -0.132. The van der Waals surface area contributed by atoms with E-state index in [4.69, 9.17) is 10.5 Å². The number of nitrogens with two attached hydrogens (primary N) is 1. The van der Waals surface area contributed by atoms with E-state index in [0.29, 0.717) is 31.4 Å². The van der Waals surface area contributed by atoms with Gasteiger partial charge in [0.25, 0.3) is 0 Å². The van der Waals surface area contributed by atoms with E-state index in [0.717, 1.165) is 32.5 Å². The van der Waals surface area contributed by atoms with Crippen molar-refractivity contribution in [3.63, 3.8) is 0 Å². The zero-order valence-electron chi connectivity index (χ0n) is 11.2. The second-order valence-corrected chi connectivity index (χ2v) is 5.28. The summed E-state index contributed by atoms with van der Waals surface area (Å²) in [6, 6.07) is 0. The van der Waals surface area contributed by atoms with Crippen LogP contribution >= 0.6 is 0 Å². The van der Waals surface area contributed by atoms with Gasteiger partial charge in [-0.2, -0.15) is 0 Å². The first-order chi connectivity index (χ1) is 8.13. The van der Waals surface area contributed by atoms with Crippen LogP contribution in [0, 0.1) is 11.8 Å². The van der Waals surface area contributed by atoms with Gasteiger partial charge in [0.2, 0.25) is 5.91 Å². The van der Waals surface area contributed by atoms with Gasteiger partial charge in [0.1, 0.15) is 0 Å². The van der Waals surface area contributed by atoms with Gasteiger partial charge in [-0.25, -0.2) is 0 Å². The molecule has 0 saturated carbocycles. The second-order valence-electron chi connectivity index (χ2n) is 5.28. The van der Waals surface area contributed by atoms with Crippen molar-refractivity contribution in [3.05, 3.63) is 0 Å². The number of rotatable bonds is 5. The van der Waals surface area contributed by atoms with Gasteiger partial charge in [0, 0.05) is 26.1 Å². The van der Waals surface area contributed by atoms with Crippen LogP contribution in [-0.4, -0.2) is 43.7 Å². The van der Waals surface area contributed by atoms with Gasteiger partial charge in [-0.05, 0) is 31.2 Å². The van der Waals surface area contributed by atoms with E-state index in [9.17, 15) is 4.79 Å². The van der Waals surface area contributed by atoms with E-state index in [-0.39, 0.29) is 5.91 Å². The van der Waals surface area contributed by atoms with Gasteiger partial charge in [-0.15, -0.1) is 0 Å². The first-order valence-corrected chi connectivity index (χ1v) is 6.69. The molecule has 1 rings (SSSR count). The molecule has 17 heavy (non-hydrogen) atoms. The summed E-state index contributed by atoms with van der Waals surface area (Å²) in [6.45, 7) is 7.96. The molecule has 1 heterocycles. The number of amides is 1. The van der Waals surface area contributed by atoms with Crippen molar-refractivity contribution in [1.29, 1.82) is 0 Å². The minimum Gasteiger partial charge on any atom is -0.380 e. The number of nitrogens with zero attached hydrogens (tertiary/aromatic N) is 1. The van der Waals surface area contributed by atoms with Gasteiger partial charge in [-0.1, -0.05) is 13.8 Å². The lowest BCUT2D eigenvalue weighted by Gasteiger charge is -2.23. The Morgan fingerprint density at radius 3 is 2.76 bits per heavy atom. The highest BCUT2D eigenvalue weighted by molar-refractivity contribution is 5.76. The highest BCUT2D eigenvalue weighted by atomic mass is 16.5. The number of hydrogen-bond donors (Lipinski definition) is 1. The largest absolute Gasteiger partial charge is 0.380 e. The Balaban J connectivity index is 2.39. The van der Waals surface area contributed by atoms with Crippen LogP contribution in [0.25, 0.3) is 0 Å². The summed E-state index contributed by atoms with van der Waals surface area (Å²) in [7, 11) is 0. The average Bonchev–Trinajstić information content (AvgIpc) is 2.55. The number of carbonyl (C=O) groups excluding carboxylic acids is 1. The Morgan fingerprint density at radius 2 is 2.12 bits per heavy atom. The third-order valence-corrected chi connectivity index (χ3v) is 3.18. The van der Waals surface area contributed by atoms with Gasteiger partial charge in [0.15, 0.2) is 0 Å². The molecule has 1 aliphatic heterocycles. The van der Waals surface area contributed by atoms with Gasteiger partial charge in [0.05, 0.1) is 6.61 Å². The number of hydrogen-bond acceptors (Lipinski definition) is 3. The van der Waals surface area contributed by atoms with Crippen LogP contribution in [0.5, 0.6) is 0 Å². The SMILES string of the molecule is CC(C)C[C@H](CN)CC(=O)N1CCCOCC1. The van der Waals surface area contributed by atoms with E-state index in [1.807, 2.05) is 4.90 Å². The summed E-state index contributed by atoms with van der Waals surface area (Å²) in [4.78, 5) is 14.0. The summed E-state index contributed by atoms with van der Waals surface area (Å²) in [5.41, 5.74) is 5.73. The molecule has 2 N–H and O–H groups in total. The Kier molecular flexibility index (Phi) is 6.52. The van der Waals surface area contributed by atoms with Crippen LogP contribution < -0.4 is 5.73 Å². The smallest absolute Gasteiger partial charge is 0.222 e. The summed E-state index contributed by atoms with van der Waals surface area (Å²) in [5, 5.41) is 0. The summed E-state index contributed by atoms with van der Waals surface area (Å²) >= 11 is 0. The monoisotopic (exact) mass is 242 g/mol. The molecule has 100 valence electrons. The molecule has 0 bridgehead atoms. The normalized spacial score (nSPS) is 19.2. The molecular formula is C13H26N2O2. The van der Waals surface area contributed by atoms with E-state index >= 15 is 0 Å². The highest BCUT2D eigenvalue weighted by Gasteiger charge is 2.20. The number of carbonyl (C=O) groups is 1. The molecule has 4 heteroatoms. The van der Waals surface area contributed by atoms with Crippen molar-refractivity contribution < 1.29 is 9.53 Å². The molecule has 0 aromatic heterocycles. The topological polar surface area (TPSA) is 55.6 Å². The fourth-order valence-electron chi connectivity index (χ4n) is 2.30. The Labute approximate surface area is 104 Å². The minimum absolute atomic E-state index is 0.242. The second kappa shape index (κ2) is 7.67. The van der Waals surface area contributed by atoms with Gasteiger partial charge >= 0.3 is 0 Å². The van der Waals surface area contributed by atoms with E-state index in [1.165, 1.54) is 0 Å². The number of ether oxygens (including phenoxy) is 1. The third kappa shape index (κ3) is 5.50. The molecule has 0 spiro atoms. The minimum atomic E-state index is 0.242. The third-order valence-electron chi connectivity index (χ3n) is 3.18. The summed E-state index contributed by atoms with van der Waals surface area (Å²) in [6.07, 6.45) is 2.57. The summed E-state index contributed by atoms with van der Waals surface area (Å²) in [5.74, 6) is 1.17. The molecule has 1 atom stereocenters. The molecule has 0 aliphatic carbocycles. The first kappa shape index (κ1) is 14.5. The zero-order valence-corrected chi connectivity index (χ0v) is 11.2. The fraction of sp³-hybridized carbons (Fsp3) is 0.923. The Hall–Kier alpha value is -0.610. The highest BCUT2D eigenvalue weighted by Crippen LogP contribution is 2.16. The maximum atomic E-state index is 12.1. The Bertz CT molecular complexity index is 223. The molecule has 1 amide bonds. The molecule has 0 aromatic rings. The Morgan fingerprint density at radius 1 is 1.35 bits per heavy atom. The maximum absolute atomic E-state index is 12.1. The van der Waals surface area contributed by atoms with Crippen LogP contribution in [0.4, 0.5) is 0 Å². The summed E-state index contributed by atoms with van der Waals surface area (Å²) < 4.78 is 5.35. The van der Waals surface area contributed by atoms with Gasteiger partial charge in [-0.3, -0.25) is 4.79 Å². The predicted octanol–water partition coefficient (Wildman–Crippen LogP) is 1.25. The van der Waals surface area contributed by atoms with Crippen LogP contribution in [0.2, 0.25) is 0 Å². The van der Waals surface area contributed by atoms with Crippen LogP contribution in [0.1, 0.15) is 33.1 Å². The van der Waals surface area contributed by atoms with Crippen LogP contribution in [0.15, 0.2) is 0 Å². The van der Waals surface area contributed by atoms with E-state index < -0.39 is 0 Å². The van der Waals surface area contributed by atoms with E-state index in [1.54, 1.807) is 0 Å². The van der Waals surface area contributed by atoms with Crippen molar-refractivity contribution in [2.75, 3.05) is 32.8 Å². The van der Waals surface area contributed by atoms with Crippen molar-refractivity contribution in [3.8, 4) is 0 Å². The standard InChI is InChI=1S/C13H26N2O2/c1-11(2)8-12(10-14)9-13(16)15-4-3-6-17-7-5-15/h11-12H,3-10,14H2,1-2H3/t12-/m0/s1. The maximum Gasteiger partial charge on any atom is 0.222 e. The van der Waals surface area contributed by atoms with Crippen molar-refractivity contribution in [2.45, 2.75) is 33.1 Å². The molecule has 1 aliphatic rings. The molecule has 1 saturated heterocycles. The van der Waals surface area contributed by atoms with E-state index in [2.05, 4.69) is 13.8 Å². The quantitative estimate of drug-likeness (QED) is 0.789. The first-order valence-electron chi connectivity index (χ1n) is 6.69. The van der Waals surface area contributed by atoms with Crippen LogP contribution in [0.3, 0.4) is 0 Å². The van der Waals surface area contributed by atoms with Crippen molar-refractivity contribution >= 4 is 5.91 Å². The van der Waals surface area contributed by atoms with Gasteiger partial charge < -0.3 is 15.4 Å². The molecule has 1 fully saturated rings. The van der Waals surface area contributed by atoms with Crippen LogP contribution in [-0.2, 0) is 9.53 Å². The average molecular weight is 242 g/mol. The molecule has 4 nitrogen and oxygen atoms in total. The lowest BCUT2D eigenvalue weighted by atomic mass is 9.94. The lowest BCUT2D eigenvalue weighted by Crippen LogP contribution is -2.35. The fourth-order valence-corrected chi connectivity index (χ4v) is 2.30. The van der Waals surface area contributed by atoms with Crippen molar-refractivity contribution in [1.82, 2.24) is 4.90 Å². The molecule has 0 radical (unpaired) electrons. The van der Waals surface area contributed by atoms with Crippen molar-refractivity contribution in [2.24, 2.45) is 17.6 Å². The zero-order chi connectivity index (χ0) is 12.7.